The van der Waals surface area contributed by atoms with Crippen LogP contribution in [0.1, 0.15) is 38.5 Å². The summed E-state index contributed by atoms with van der Waals surface area (Å²) in [5.41, 5.74) is 0. The van der Waals surface area contributed by atoms with Crippen molar-refractivity contribution in [3.8, 4) is 6.07 Å². The normalized spacial score (nSPS) is 41.3. The Morgan fingerprint density at radius 1 is 1.12 bits per heavy atom. The molecule has 1 saturated heterocycles. The monoisotopic (exact) mass is 218 g/mol. The molecule has 1 amide bonds. The molecular weight excluding hydrogens is 200 g/mol. The van der Waals surface area contributed by atoms with Gasteiger partial charge in [0.1, 0.15) is 6.04 Å². The van der Waals surface area contributed by atoms with E-state index in [0.29, 0.717) is 17.7 Å². The number of rotatable bonds is 1. The molecule has 0 radical (unpaired) electrons. The molecule has 3 unspecified atom stereocenters. The lowest BCUT2D eigenvalue weighted by Crippen LogP contribution is -2.36. The van der Waals surface area contributed by atoms with Gasteiger partial charge in [-0.15, -0.1) is 0 Å². The van der Waals surface area contributed by atoms with Crippen molar-refractivity contribution < 1.29 is 4.79 Å². The smallest absolute Gasteiger partial charge is 0.227 e. The van der Waals surface area contributed by atoms with Gasteiger partial charge in [-0.3, -0.25) is 4.79 Å². The van der Waals surface area contributed by atoms with Gasteiger partial charge in [-0.05, 0) is 37.5 Å². The van der Waals surface area contributed by atoms with Crippen LogP contribution in [0, 0.1) is 29.1 Å². The fraction of sp³-hybridized carbons (Fsp3) is 0.846. The first-order valence-corrected chi connectivity index (χ1v) is 6.53. The van der Waals surface area contributed by atoms with Crippen molar-refractivity contribution >= 4 is 5.91 Å². The van der Waals surface area contributed by atoms with Crippen molar-refractivity contribution in [3.05, 3.63) is 0 Å². The topological polar surface area (TPSA) is 44.1 Å². The molecule has 3 aliphatic rings. The third-order valence-electron chi connectivity index (χ3n) is 4.63. The van der Waals surface area contributed by atoms with Crippen LogP contribution in [0.4, 0.5) is 0 Å². The molecule has 0 bridgehead atoms. The highest BCUT2D eigenvalue weighted by Crippen LogP contribution is 2.56. The molecule has 3 atom stereocenters. The highest BCUT2D eigenvalue weighted by atomic mass is 16.2. The maximum atomic E-state index is 12.3. The molecule has 0 aromatic rings. The summed E-state index contributed by atoms with van der Waals surface area (Å²) in [6.45, 7) is 0.813. The quantitative estimate of drug-likeness (QED) is 0.675. The van der Waals surface area contributed by atoms with Gasteiger partial charge in [0.2, 0.25) is 5.91 Å². The molecular formula is C13H18N2O. The Morgan fingerprint density at radius 2 is 1.81 bits per heavy atom. The number of amides is 1. The van der Waals surface area contributed by atoms with Crippen molar-refractivity contribution in [3.63, 3.8) is 0 Å². The van der Waals surface area contributed by atoms with Crippen molar-refractivity contribution in [2.45, 2.75) is 44.6 Å². The van der Waals surface area contributed by atoms with E-state index < -0.39 is 0 Å². The summed E-state index contributed by atoms with van der Waals surface area (Å²) >= 11 is 0. The third-order valence-corrected chi connectivity index (χ3v) is 4.63. The van der Waals surface area contributed by atoms with E-state index in [0.717, 1.165) is 19.4 Å². The van der Waals surface area contributed by atoms with E-state index in [1.165, 1.54) is 25.7 Å². The third kappa shape index (κ3) is 1.43. The number of nitrogens with zero attached hydrogens (tertiary/aromatic N) is 2. The average molecular weight is 218 g/mol. The second-order valence-electron chi connectivity index (χ2n) is 5.46. The number of carbonyl (C=O) groups excluding carboxylic acids is 1. The number of fused-ring (bicyclic) bond motifs is 1. The minimum Gasteiger partial charge on any atom is -0.326 e. The summed E-state index contributed by atoms with van der Waals surface area (Å²) in [5.74, 6) is 1.92. The molecule has 3 rings (SSSR count). The molecule has 0 aromatic carbocycles. The summed E-state index contributed by atoms with van der Waals surface area (Å²) in [6.07, 6.45) is 6.97. The Labute approximate surface area is 96.4 Å². The van der Waals surface area contributed by atoms with Crippen LogP contribution in [0.25, 0.3) is 0 Å². The Morgan fingerprint density at radius 3 is 2.44 bits per heavy atom. The molecule has 3 nitrogen and oxygen atoms in total. The van der Waals surface area contributed by atoms with Crippen LogP contribution in [0.5, 0.6) is 0 Å². The molecule has 0 spiro atoms. The van der Waals surface area contributed by atoms with Gasteiger partial charge in [0, 0.05) is 12.5 Å². The summed E-state index contributed by atoms with van der Waals surface area (Å²) in [6, 6.07) is 2.13. The molecule has 0 N–H and O–H groups in total. The van der Waals surface area contributed by atoms with Crippen molar-refractivity contribution in [1.29, 1.82) is 5.26 Å². The summed E-state index contributed by atoms with van der Waals surface area (Å²) in [7, 11) is 0. The number of carbonyl (C=O) groups is 1. The summed E-state index contributed by atoms with van der Waals surface area (Å²) < 4.78 is 0. The minimum absolute atomic E-state index is 0.129. The zero-order valence-electron chi connectivity index (χ0n) is 9.56. The van der Waals surface area contributed by atoms with Crippen LogP contribution in [0.2, 0.25) is 0 Å². The van der Waals surface area contributed by atoms with Crippen LogP contribution in [0.3, 0.4) is 0 Å². The number of hydrogen-bond donors (Lipinski definition) is 0. The van der Waals surface area contributed by atoms with Gasteiger partial charge in [0.25, 0.3) is 0 Å². The van der Waals surface area contributed by atoms with E-state index in [1.807, 2.05) is 4.90 Å². The molecule has 2 saturated carbocycles. The zero-order valence-corrected chi connectivity index (χ0v) is 9.56. The van der Waals surface area contributed by atoms with Crippen LogP contribution in [-0.4, -0.2) is 23.4 Å². The van der Waals surface area contributed by atoms with Crippen LogP contribution in [-0.2, 0) is 4.79 Å². The first-order valence-electron chi connectivity index (χ1n) is 6.53. The Kier molecular flexibility index (Phi) is 2.38. The molecule has 2 aliphatic carbocycles. The number of nitriles is 1. The second-order valence-corrected chi connectivity index (χ2v) is 5.46. The van der Waals surface area contributed by atoms with E-state index in [2.05, 4.69) is 6.07 Å². The van der Waals surface area contributed by atoms with Gasteiger partial charge in [0.05, 0.1) is 6.07 Å². The standard InChI is InChI=1S/C13H18N2O/c14-8-9-4-3-7-15(9)13(16)12-10-5-1-2-6-11(10)12/h9-12H,1-7H2. The van der Waals surface area contributed by atoms with E-state index in [4.69, 9.17) is 5.26 Å². The van der Waals surface area contributed by atoms with E-state index in [1.54, 1.807) is 0 Å². The Balaban J connectivity index is 1.68. The van der Waals surface area contributed by atoms with Crippen molar-refractivity contribution in [2.24, 2.45) is 17.8 Å². The largest absolute Gasteiger partial charge is 0.326 e. The Bertz CT molecular complexity index is 334. The summed E-state index contributed by atoms with van der Waals surface area (Å²) in [4.78, 5) is 14.2. The van der Waals surface area contributed by atoms with E-state index in [9.17, 15) is 4.79 Å². The minimum atomic E-state index is -0.129. The molecule has 86 valence electrons. The fourth-order valence-electron chi connectivity index (χ4n) is 3.71. The number of hydrogen-bond acceptors (Lipinski definition) is 2. The molecule has 3 heteroatoms. The lowest BCUT2D eigenvalue weighted by molar-refractivity contribution is -0.133. The van der Waals surface area contributed by atoms with Gasteiger partial charge in [-0.25, -0.2) is 0 Å². The van der Waals surface area contributed by atoms with Gasteiger partial charge in [0.15, 0.2) is 0 Å². The van der Waals surface area contributed by atoms with E-state index >= 15 is 0 Å². The first kappa shape index (κ1) is 10.1. The van der Waals surface area contributed by atoms with Crippen molar-refractivity contribution in [1.82, 2.24) is 4.90 Å². The second kappa shape index (κ2) is 3.76. The lowest BCUT2D eigenvalue weighted by atomic mass is 10.0. The molecule has 1 aliphatic heterocycles. The number of likely N-dealkylation sites (tertiary alicyclic amines) is 1. The zero-order chi connectivity index (χ0) is 11.1. The highest BCUT2D eigenvalue weighted by molar-refractivity contribution is 5.83. The lowest BCUT2D eigenvalue weighted by Gasteiger charge is -2.19. The average Bonchev–Trinajstić information content (AvgIpc) is 2.84. The van der Waals surface area contributed by atoms with Gasteiger partial charge >= 0.3 is 0 Å². The summed E-state index contributed by atoms with van der Waals surface area (Å²) in [5, 5.41) is 9.00. The maximum absolute atomic E-state index is 12.3. The van der Waals surface area contributed by atoms with Gasteiger partial charge in [-0.2, -0.15) is 5.26 Å². The van der Waals surface area contributed by atoms with Crippen LogP contribution >= 0.6 is 0 Å². The van der Waals surface area contributed by atoms with Crippen molar-refractivity contribution in [2.75, 3.05) is 6.54 Å². The maximum Gasteiger partial charge on any atom is 0.227 e. The molecule has 16 heavy (non-hydrogen) atoms. The predicted molar refractivity (Wildman–Crippen MR) is 59.3 cm³/mol. The Hall–Kier alpha value is -1.04. The molecule has 0 aromatic heterocycles. The van der Waals surface area contributed by atoms with Crippen LogP contribution < -0.4 is 0 Å². The molecule has 1 heterocycles. The van der Waals surface area contributed by atoms with Crippen LogP contribution in [0.15, 0.2) is 0 Å². The SMILES string of the molecule is N#CC1CCCN1C(=O)C1C2CCCCC21. The van der Waals surface area contributed by atoms with Gasteiger partial charge in [-0.1, -0.05) is 12.8 Å². The van der Waals surface area contributed by atoms with E-state index in [-0.39, 0.29) is 12.0 Å². The van der Waals surface area contributed by atoms with Gasteiger partial charge < -0.3 is 4.90 Å². The predicted octanol–water partition coefficient (Wildman–Crippen LogP) is 1.94. The fourth-order valence-corrected chi connectivity index (χ4v) is 3.71. The first-order chi connectivity index (χ1) is 7.83. The highest BCUT2D eigenvalue weighted by Gasteiger charge is 2.56. The molecule has 3 fully saturated rings.